The standard InChI is InChI=1S/C6H11ClO6/c7-13-5-4(10)3(9)2(1-8)12-6(5)11/h2-6,8-11H,1H2/t2-,3-,4+,5-,6?/m1/s1. The summed E-state index contributed by atoms with van der Waals surface area (Å²) in [4.78, 5) is 0. The van der Waals surface area contributed by atoms with Crippen LogP contribution >= 0.6 is 11.9 Å². The molecule has 0 amide bonds. The minimum absolute atomic E-state index is 0.510. The fraction of sp³-hybridized carbons (Fsp3) is 1.00. The maximum atomic E-state index is 9.30. The van der Waals surface area contributed by atoms with Crippen LogP contribution < -0.4 is 0 Å². The van der Waals surface area contributed by atoms with E-state index in [2.05, 4.69) is 4.29 Å². The number of hydrogen-bond donors (Lipinski definition) is 4. The van der Waals surface area contributed by atoms with E-state index in [0.29, 0.717) is 0 Å². The number of rotatable bonds is 2. The molecule has 1 unspecified atom stereocenters. The number of ether oxygens (including phenoxy) is 1. The Kier molecular flexibility index (Phi) is 3.87. The van der Waals surface area contributed by atoms with Gasteiger partial charge in [0.2, 0.25) is 0 Å². The van der Waals surface area contributed by atoms with Gasteiger partial charge < -0.3 is 25.2 Å². The quantitative estimate of drug-likeness (QED) is 0.423. The van der Waals surface area contributed by atoms with Crippen LogP contribution in [0.25, 0.3) is 0 Å². The summed E-state index contributed by atoms with van der Waals surface area (Å²) in [5.41, 5.74) is 0. The molecule has 1 saturated heterocycles. The van der Waals surface area contributed by atoms with Crippen molar-refractivity contribution in [2.24, 2.45) is 0 Å². The molecule has 0 aromatic rings. The maximum absolute atomic E-state index is 9.30. The molecular formula is C6H11ClO6. The van der Waals surface area contributed by atoms with Gasteiger partial charge in [0.25, 0.3) is 0 Å². The molecule has 0 aliphatic carbocycles. The topological polar surface area (TPSA) is 99.4 Å². The van der Waals surface area contributed by atoms with E-state index in [1.54, 1.807) is 0 Å². The summed E-state index contributed by atoms with van der Waals surface area (Å²) in [5, 5.41) is 36.4. The van der Waals surface area contributed by atoms with Gasteiger partial charge in [-0.25, -0.2) is 0 Å². The second-order valence-electron chi connectivity index (χ2n) is 2.78. The SMILES string of the molecule is OC[C@H]1OC(O)[C@H](OCl)[C@@H](O)[C@@H]1O. The first-order valence-electron chi connectivity index (χ1n) is 3.69. The van der Waals surface area contributed by atoms with E-state index in [-0.39, 0.29) is 0 Å². The van der Waals surface area contributed by atoms with Gasteiger partial charge in [-0.15, -0.1) is 0 Å². The maximum Gasteiger partial charge on any atom is 0.186 e. The summed E-state index contributed by atoms with van der Waals surface area (Å²) >= 11 is 4.95. The lowest BCUT2D eigenvalue weighted by atomic mass is 9.99. The van der Waals surface area contributed by atoms with Crippen LogP contribution in [0.2, 0.25) is 0 Å². The minimum atomic E-state index is -1.46. The van der Waals surface area contributed by atoms with Crippen molar-refractivity contribution in [3.63, 3.8) is 0 Å². The lowest BCUT2D eigenvalue weighted by Crippen LogP contribution is -2.58. The molecule has 0 bridgehead atoms. The summed E-state index contributed by atoms with van der Waals surface area (Å²) < 4.78 is 8.89. The van der Waals surface area contributed by atoms with Crippen molar-refractivity contribution in [1.82, 2.24) is 0 Å². The summed E-state index contributed by atoms with van der Waals surface area (Å²) in [5.74, 6) is 0. The highest BCUT2D eigenvalue weighted by atomic mass is 35.5. The van der Waals surface area contributed by atoms with Crippen LogP contribution in [0.15, 0.2) is 0 Å². The Bertz CT molecular complexity index is 167. The number of aliphatic hydroxyl groups is 4. The molecule has 1 aliphatic heterocycles. The van der Waals surface area contributed by atoms with Crippen molar-refractivity contribution in [2.75, 3.05) is 6.61 Å². The van der Waals surface area contributed by atoms with Gasteiger partial charge in [0.1, 0.15) is 18.3 Å². The third-order valence-electron chi connectivity index (χ3n) is 1.95. The van der Waals surface area contributed by atoms with Crippen LogP contribution in [0.4, 0.5) is 0 Å². The molecule has 13 heavy (non-hydrogen) atoms. The molecule has 7 heteroatoms. The van der Waals surface area contributed by atoms with Crippen LogP contribution in [0.1, 0.15) is 0 Å². The highest BCUT2D eigenvalue weighted by Crippen LogP contribution is 2.22. The predicted molar refractivity (Wildman–Crippen MR) is 40.7 cm³/mol. The van der Waals surface area contributed by atoms with Gasteiger partial charge in [-0.05, 0) is 0 Å². The van der Waals surface area contributed by atoms with Gasteiger partial charge in [0, 0.05) is 0 Å². The fourth-order valence-corrected chi connectivity index (χ4v) is 1.36. The van der Waals surface area contributed by atoms with Gasteiger partial charge in [0.15, 0.2) is 12.4 Å². The highest BCUT2D eigenvalue weighted by molar-refractivity contribution is 6.07. The molecule has 6 nitrogen and oxygen atoms in total. The summed E-state index contributed by atoms with van der Waals surface area (Å²) in [6, 6.07) is 0. The average Bonchev–Trinajstić information content (AvgIpc) is 2.12. The Hall–Kier alpha value is 0.0500. The molecule has 0 aromatic heterocycles. The lowest BCUT2D eigenvalue weighted by molar-refractivity contribution is -0.280. The summed E-state index contributed by atoms with van der Waals surface area (Å²) in [7, 11) is 0. The van der Waals surface area contributed by atoms with Crippen molar-refractivity contribution in [2.45, 2.75) is 30.7 Å². The van der Waals surface area contributed by atoms with E-state index >= 15 is 0 Å². The van der Waals surface area contributed by atoms with E-state index < -0.39 is 37.3 Å². The van der Waals surface area contributed by atoms with Gasteiger partial charge in [-0.1, -0.05) is 0 Å². The molecule has 1 rings (SSSR count). The monoisotopic (exact) mass is 214 g/mol. The molecule has 1 heterocycles. The Labute approximate surface area is 79.4 Å². The predicted octanol–water partition coefficient (Wildman–Crippen LogP) is -2.04. The van der Waals surface area contributed by atoms with E-state index in [1.165, 1.54) is 0 Å². The van der Waals surface area contributed by atoms with Crippen LogP contribution in [-0.2, 0) is 9.03 Å². The zero-order valence-corrected chi connectivity index (χ0v) is 7.33. The molecular weight excluding hydrogens is 204 g/mol. The smallest absolute Gasteiger partial charge is 0.186 e. The Morgan fingerprint density at radius 2 is 1.85 bits per heavy atom. The first-order valence-corrected chi connectivity index (χ1v) is 4.00. The number of hydrogen-bond acceptors (Lipinski definition) is 6. The van der Waals surface area contributed by atoms with Crippen LogP contribution in [0.5, 0.6) is 0 Å². The Morgan fingerprint density at radius 3 is 2.31 bits per heavy atom. The fourth-order valence-electron chi connectivity index (χ4n) is 1.17. The van der Waals surface area contributed by atoms with Gasteiger partial charge in [0.05, 0.1) is 18.5 Å². The van der Waals surface area contributed by atoms with Crippen molar-refractivity contribution in [3.8, 4) is 0 Å². The van der Waals surface area contributed by atoms with E-state index in [0.717, 1.165) is 0 Å². The molecule has 78 valence electrons. The van der Waals surface area contributed by atoms with E-state index in [4.69, 9.17) is 26.8 Å². The third kappa shape index (κ3) is 2.10. The number of aliphatic hydroxyl groups excluding tert-OH is 4. The summed E-state index contributed by atoms with van der Waals surface area (Å²) in [6.07, 6.45) is -6.45. The normalized spacial score (nSPS) is 46.4. The van der Waals surface area contributed by atoms with Crippen LogP contribution in [0.3, 0.4) is 0 Å². The van der Waals surface area contributed by atoms with E-state index in [9.17, 15) is 10.2 Å². The number of halogens is 1. The second kappa shape index (κ2) is 4.52. The first kappa shape index (κ1) is 11.1. The molecule has 1 aliphatic rings. The largest absolute Gasteiger partial charge is 0.394 e. The highest BCUT2D eigenvalue weighted by Gasteiger charge is 2.44. The zero-order chi connectivity index (χ0) is 10.0. The zero-order valence-electron chi connectivity index (χ0n) is 6.58. The first-order chi connectivity index (χ1) is 6.11. The van der Waals surface area contributed by atoms with Crippen molar-refractivity contribution >= 4 is 11.9 Å². The third-order valence-corrected chi connectivity index (χ3v) is 2.15. The molecule has 0 saturated carbocycles. The molecule has 0 radical (unpaired) electrons. The van der Waals surface area contributed by atoms with Crippen molar-refractivity contribution in [3.05, 3.63) is 0 Å². The molecule has 0 aromatic carbocycles. The Balaban J connectivity index is 2.66. The lowest BCUT2D eigenvalue weighted by Gasteiger charge is -2.38. The molecule has 4 N–H and O–H groups in total. The van der Waals surface area contributed by atoms with Crippen molar-refractivity contribution in [1.29, 1.82) is 0 Å². The van der Waals surface area contributed by atoms with E-state index in [1.807, 2.05) is 0 Å². The molecule has 1 fully saturated rings. The molecule has 5 atom stereocenters. The minimum Gasteiger partial charge on any atom is -0.394 e. The van der Waals surface area contributed by atoms with Gasteiger partial charge in [-0.3, -0.25) is 4.29 Å². The molecule has 0 spiro atoms. The summed E-state index contributed by atoms with van der Waals surface area (Å²) in [6.45, 7) is -0.510. The van der Waals surface area contributed by atoms with Gasteiger partial charge >= 0.3 is 0 Å². The van der Waals surface area contributed by atoms with Crippen molar-refractivity contribution < 1.29 is 29.5 Å². The van der Waals surface area contributed by atoms with Gasteiger partial charge in [-0.2, -0.15) is 0 Å². The van der Waals surface area contributed by atoms with Crippen LogP contribution in [0, 0.1) is 0 Å². The average molecular weight is 215 g/mol. The second-order valence-corrected chi connectivity index (χ2v) is 2.96. The van der Waals surface area contributed by atoms with Crippen LogP contribution in [-0.4, -0.2) is 57.7 Å². The Morgan fingerprint density at radius 1 is 1.23 bits per heavy atom.